The Morgan fingerprint density at radius 3 is 2.18 bits per heavy atom. The van der Waals surface area contributed by atoms with Crippen LogP contribution in [-0.4, -0.2) is 42.6 Å². The van der Waals surface area contributed by atoms with Crippen LogP contribution in [0.1, 0.15) is 60.5 Å². The molecule has 5 aromatic rings. The highest BCUT2D eigenvalue weighted by atomic mass is 16.5. The molecule has 0 bridgehead atoms. The number of carboxylic acid groups (broad SMARTS) is 1. The molecule has 5 rings (SSSR count). The molecule has 2 amide bonds. The zero-order valence-electron chi connectivity index (χ0n) is 29.2. The molecule has 0 aliphatic heterocycles. The van der Waals surface area contributed by atoms with Crippen LogP contribution in [0.4, 0.5) is 21.9 Å². The maximum atomic E-state index is 13.2. The number of hydrogen-bond acceptors (Lipinski definition) is 5. The predicted octanol–water partition coefficient (Wildman–Crippen LogP) is 9.71. The van der Waals surface area contributed by atoms with E-state index in [0.29, 0.717) is 29.1 Å². The minimum atomic E-state index is -1.02. The molecule has 0 saturated carbocycles. The number of carbonyl (C=O) groups excluding carboxylic acids is 2. The molecule has 0 spiro atoms. The fourth-order valence-electron chi connectivity index (χ4n) is 5.76. The molecule has 8 nitrogen and oxygen atoms in total. The molecule has 0 fully saturated rings. The number of anilines is 3. The number of para-hydroxylation sites is 1. The molecular weight excluding hydrogens is 638 g/mol. The number of rotatable bonds is 17. The van der Waals surface area contributed by atoms with Crippen LogP contribution < -0.4 is 20.3 Å². The van der Waals surface area contributed by atoms with Crippen LogP contribution in [0, 0.1) is 0 Å². The number of amides is 2. The summed E-state index contributed by atoms with van der Waals surface area (Å²) in [5.74, 6) is -0.418. The quantitative estimate of drug-likeness (QED) is 0.0665. The van der Waals surface area contributed by atoms with Gasteiger partial charge in [0.1, 0.15) is 11.8 Å². The summed E-state index contributed by atoms with van der Waals surface area (Å²) in [5.41, 5.74) is 5.46. The summed E-state index contributed by atoms with van der Waals surface area (Å²) >= 11 is 0. The number of carbonyl (C=O) groups is 3. The number of ketones is 1. The Hall–Kier alpha value is -5.89. The van der Waals surface area contributed by atoms with Crippen LogP contribution in [0.25, 0.3) is 11.1 Å². The zero-order valence-corrected chi connectivity index (χ0v) is 29.2. The Labute approximate surface area is 300 Å². The zero-order chi connectivity index (χ0) is 36.0. The standard InChI is InChI=1S/C43H45N3O5/c1-3-4-5-6-12-28-51-37-26-24-35(25-27-37)44-43(50)46(2)36-17-13-16-34(30-36)32-22-20-31(21-23-32)29-40(42(48)49)45-39-19-11-10-18-38(39)41(47)33-14-8-7-9-15-33/h7-11,13-27,30,40,45H,3-6,12,28-29H2,1-2H3,(H,44,50)(H,48,49). The maximum Gasteiger partial charge on any atom is 0.326 e. The number of nitrogens with zero attached hydrogens (tertiary/aromatic N) is 1. The molecular formula is C43H45N3O5. The number of carboxylic acids is 1. The van der Waals surface area contributed by atoms with E-state index in [1.54, 1.807) is 60.5 Å². The van der Waals surface area contributed by atoms with Crippen LogP contribution >= 0.6 is 0 Å². The second-order valence-electron chi connectivity index (χ2n) is 12.5. The molecule has 0 radical (unpaired) electrons. The van der Waals surface area contributed by atoms with Crippen molar-refractivity contribution in [3.8, 4) is 16.9 Å². The van der Waals surface area contributed by atoms with E-state index in [9.17, 15) is 19.5 Å². The highest BCUT2D eigenvalue weighted by molar-refractivity contribution is 6.12. The van der Waals surface area contributed by atoms with E-state index in [-0.39, 0.29) is 18.2 Å². The van der Waals surface area contributed by atoms with Crippen molar-refractivity contribution in [1.82, 2.24) is 0 Å². The van der Waals surface area contributed by atoms with Crippen molar-refractivity contribution in [3.63, 3.8) is 0 Å². The lowest BCUT2D eigenvalue weighted by atomic mass is 9.98. The van der Waals surface area contributed by atoms with E-state index in [1.165, 1.54) is 25.7 Å². The van der Waals surface area contributed by atoms with Crippen LogP contribution in [0.15, 0.2) is 127 Å². The minimum absolute atomic E-state index is 0.180. The highest BCUT2D eigenvalue weighted by Crippen LogP contribution is 2.27. The molecule has 262 valence electrons. The van der Waals surface area contributed by atoms with Gasteiger partial charge in [0, 0.05) is 41.7 Å². The third-order valence-corrected chi connectivity index (χ3v) is 8.72. The predicted molar refractivity (Wildman–Crippen MR) is 205 cm³/mol. The van der Waals surface area contributed by atoms with Crippen molar-refractivity contribution < 1.29 is 24.2 Å². The third-order valence-electron chi connectivity index (χ3n) is 8.72. The monoisotopic (exact) mass is 683 g/mol. The van der Waals surface area contributed by atoms with Gasteiger partial charge in [-0.05, 0) is 71.6 Å². The molecule has 1 unspecified atom stereocenters. The van der Waals surface area contributed by atoms with Crippen LogP contribution in [0.3, 0.4) is 0 Å². The topological polar surface area (TPSA) is 108 Å². The average molecular weight is 684 g/mol. The average Bonchev–Trinajstić information content (AvgIpc) is 3.17. The van der Waals surface area contributed by atoms with Gasteiger partial charge in [-0.2, -0.15) is 0 Å². The Morgan fingerprint density at radius 2 is 1.45 bits per heavy atom. The summed E-state index contributed by atoms with van der Waals surface area (Å²) < 4.78 is 5.84. The molecule has 1 atom stereocenters. The Balaban J connectivity index is 1.19. The molecule has 8 heteroatoms. The third kappa shape index (κ3) is 10.3. The second-order valence-corrected chi connectivity index (χ2v) is 12.5. The Morgan fingerprint density at radius 1 is 0.745 bits per heavy atom. The first-order valence-electron chi connectivity index (χ1n) is 17.5. The van der Waals surface area contributed by atoms with Crippen molar-refractivity contribution >= 4 is 34.8 Å². The molecule has 0 aliphatic rings. The van der Waals surface area contributed by atoms with Crippen molar-refractivity contribution in [2.75, 3.05) is 29.2 Å². The summed E-state index contributed by atoms with van der Waals surface area (Å²) in [6, 6.07) is 37.4. The molecule has 0 saturated heterocycles. The second kappa shape index (κ2) is 18.2. The van der Waals surface area contributed by atoms with Gasteiger partial charge in [0.25, 0.3) is 0 Å². The lowest BCUT2D eigenvalue weighted by molar-refractivity contribution is -0.137. The largest absolute Gasteiger partial charge is 0.494 e. The minimum Gasteiger partial charge on any atom is -0.494 e. The van der Waals surface area contributed by atoms with Gasteiger partial charge in [-0.1, -0.05) is 111 Å². The van der Waals surface area contributed by atoms with Gasteiger partial charge in [-0.15, -0.1) is 0 Å². The fourth-order valence-corrected chi connectivity index (χ4v) is 5.76. The number of benzene rings is 5. The van der Waals surface area contributed by atoms with Crippen molar-refractivity contribution in [2.45, 2.75) is 51.5 Å². The summed E-state index contributed by atoms with van der Waals surface area (Å²) in [6.07, 6.45) is 6.12. The number of urea groups is 1. The Bertz CT molecular complexity index is 1890. The molecule has 0 aromatic heterocycles. The van der Waals surface area contributed by atoms with E-state index < -0.39 is 12.0 Å². The first-order chi connectivity index (χ1) is 24.8. The summed E-state index contributed by atoms with van der Waals surface area (Å²) in [7, 11) is 1.72. The molecule has 3 N–H and O–H groups in total. The number of nitrogens with one attached hydrogen (secondary N) is 2. The molecule has 0 heterocycles. The number of aliphatic carboxylic acids is 1. The Kier molecular flexibility index (Phi) is 13.0. The van der Waals surface area contributed by atoms with Crippen LogP contribution in [-0.2, 0) is 11.2 Å². The van der Waals surface area contributed by atoms with Crippen molar-refractivity contribution in [1.29, 1.82) is 0 Å². The summed E-state index contributed by atoms with van der Waals surface area (Å²) in [6.45, 7) is 2.89. The van der Waals surface area contributed by atoms with Gasteiger partial charge in [0.05, 0.1) is 6.61 Å². The van der Waals surface area contributed by atoms with Gasteiger partial charge < -0.3 is 20.5 Å². The lowest BCUT2D eigenvalue weighted by Crippen LogP contribution is -2.32. The van der Waals surface area contributed by atoms with E-state index in [0.717, 1.165) is 34.5 Å². The highest BCUT2D eigenvalue weighted by Gasteiger charge is 2.21. The SMILES string of the molecule is CCCCCCCOc1ccc(NC(=O)N(C)c2cccc(-c3ccc(CC(Nc4ccccc4C(=O)c4ccccc4)C(=O)O)cc3)c2)cc1. The molecule has 5 aromatic carbocycles. The summed E-state index contributed by atoms with van der Waals surface area (Å²) in [5, 5.41) is 16.1. The number of unbranched alkanes of at least 4 members (excludes halogenated alkanes) is 4. The van der Waals surface area contributed by atoms with Gasteiger partial charge >= 0.3 is 12.0 Å². The van der Waals surface area contributed by atoms with Crippen molar-refractivity contribution in [3.05, 3.63) is 144 Å². The van der Waals surface area contributed by atoms with E-state index >= 15 is 0 Å². The fraction of sp³-hybridized carbons (Fsp3) is 0.233. The summed E-state index contributed by atoms with van der Waals surface area (Å²) in [4.78, 5) is 40.2. The number of ether oxygens (including phenoxy) is 1. The van der Waals surface area contributed by atoms with Crippen LogP contribution in [0.5, 0.6) is 5.75 Å². The van der Waals surface area contributed by atoms with Gasteiger partial charge in [-0.3, -0.25) is 9.69 Å². The molecule has 0 aliphatic carbocycles. The first kappa shape index (κ1) is 36.4. The lowest BCUT2D eigenvalue weighted by Gasteiger charge is -2.19. The van der Waals surface area contributed by atoms with Gasteiger partial charge in [0.2, 0.25) is 0 Å². The van der Waals surface area contributed by atoms with E-state index in [1.807, 2.05) is 78.9 Å². The first-order valence-corrected chi connectivity index (χ1v) is 17.5. The number of hydrogen-bond donors (Lipinski definition) is 3. The van der Waals surface area contributed by atoms with E-state index in [4.69, 9.17) is 4.74 Å². The normalized spacial score (nSPS) is 11.3. The maximum absolute atomic E-state index is 13.2. The van der Waals surface area contributed by atoms with Crippen molar-refractivity contribution in [2.24, 2.45) is 0 Å². The smallest absolute Gasteiger partial charge is 0.326 e. The van der Waals surface area contributed by atoms with E-state index in [2.05, 4.69) is 17.6 Å². The van der Waals surface area contributed by atoms with Gasteiger partial charge in [-0.25, -0.2) is 9.59 Å². The van der Waals surface area contributed by atoms with Gasteiger partial charge in [0.15, 0.2) is 5.78 Å². The molecule has 51 heavy (non-hydrogen) atoms. The van der Waals surface area contributed by atoms with Crippen LogP contribution in [0.2, 0.25) is 0 Å².